The van der Waals surface area contributed by atoms with Gasteiger partial charge in [-0.2, -0.15) is 26.3 Å². The number of aromatic amines is 1. The third kappa shape index (κ3) is 22.5. The van der Waals surface area contributed by atoms with E-state index >= 15 is 0 Å². The molecule has 464 valence electrons. The van der Waals surface area contributed by atoms with Crippen LogP contribution < -0.4 is 27.6 Å². The molecule has 0 aliphatic rings. The molecule has 2 amide bonds. The smallest absolute Gasteiger partial charge is 0.450 e. The maximum atomic E-state index is 12.6. The van der Waals surface area contributed by atoms with Crippen LogP contribution in [-0.2, 0) is 57.2 Å². The average Bonchev–Trinajstić information content (AvgIpc) is 1.17. The predicted octanol–water partition coefficient (Wildman–Crippen LogP) is 8.96. The summed E-state index contributed by atoms with van der Waals surface area (Å²) in [6.07, 6.45) is -7.23. The van der Waals surface area contributed by atoms with E-state index in [9.17, 15) is 79.1 Å². The van der Waals surface area contributed by atoms with Gasteiger partial charge in [-0.15, -0.1) is 0 Å². The number of alkyl halides is 6. The molecule has 4 rings (SSSR count). The van der Waals surface area contributed by atoms with Crippen LogP contribution in [0, 0.1) is 6.92 Å². The fourth-order valence-electron chi connectivity index (χ4n) is 5.95. The van der Waals surface area contributed by atoms with Crippen molar-refractivity contribution in [2.45, 2.75) is 84.0 Å². The van der Waals surface area contributed by atoms with Gasteiger partial charge in [-0.1, -0.05) is 72.8 Å². The predicted molar refractivity (Wildman–Crippen MR) is 299 cm³/mol. The van der Waals surface area contributed by atoms with Gasteiger partial charge in [0.25, 0.3) is 5.56 Å². The molecule has 5 N–H and O–H groups in total. The number of ether oxygens (including phenoxy) is 6. The van der Waals surface area contributed by atoms with Crippen LogP contribution in [0.15, 0.2) is 120 Å². The largest absolute Gasteiger partial charge is 0.459 e. The number of nitrogens with two attached hydrogens (primary N) is 1. The van der Waals surface area contributed by atoms with E-state index in [1.807, 2.05) is 0 Å². The number of ketones is 1. The number of amides is 2. The van der Waals surface area contributed by atoms with Crippen molar-refractivity contribution in [2.75, 3.05) is 30.5 Å². The van der Waals surface area contributed by atoms with Crippen molar-refractivity contribution in [3.05, 3.63) is 169 Å². The van der Waals surface area contributed by atoms with Gasteiger partial charge in [0.05, 0.1) is 43.9 Å². The van der Waals surface area contributed by atoms with E-state index in [0.717, 1.165) is 16.7 Å². The Morgan fingerprint density at radius 3 is 1.31 bits per heavy atom. The second kappa shape index (κ2) is 31.2. The highest BCUT2D eigenvalue weighted by atomic mass is 35.5. The van der Waals surface area contributed by atoms with Crippen molar-refractivity contribution < 1.29 is 97.9 Å². The highest BCUT2D eigenvalue weighted by molar-refractivity contribution is 6.34. The van der Waals surface area contributed by atoms with Gasteiger partial charge in [0.2, 0.25) is 34.4 Å². The Morgan fingerprint density at radius 2 is 0.953 bits per heavy atom. The molecule has 4 aromatic rings. The summed E-state index contributed by atoms with van der Waals surface area (Å²) in [5.41, 5.74) is -3.24. The zero-order chi connectivity index (χ0) is 65.9. The van der Waals surface area contributed by atoms with E-state index in [1.165, 1.54) is 108 Å². The van der Waals surface area contributed by atoms with Crippen LogP contribution in [0.2, 0.25) is 15.1 Å². The minimum atomic E-state index is -5.14. The lowest BCUT2D eigenvalue weighted by Crippen LogP contribution is -2.39. The summed E-state index contributed by atoms with van der Waals surface area (Å²) >= 11 is 17.9. The summed E-state index contributed by atoms with van der Waals surface area (Å²) in [6, 6.07) is 12.2. The van der Waals surface area contributed by atoms with E-state index in [1.54, 1.807) is 6.92 Å². The molecule has 1 heterocycles. The molecule has 31 heteroatoms. The van der Waals surface area contributed by atoms with Crippen molar-refractivity contribution in [1.82, 2.24) is 9.55 Å². The SMILES string of the molecule is C=CCOC(=O)C(C)(C)OC(=O)c1cc(-n2c(=O)cc(C)[nH]c2=O)ccc1Cl.C=CCOC(=O)C(C)(C)OC(=O)c1cc(NC(=O)/C=C(\N)C(F)(F)F)ccc1Cl.C=CCOC(=O)C(C)(C)OC(=O)c1cc(NC(=O)CC(=O)C(F)(F)F)ccc1Cl. The fourth-order valence-corrected chi connectivity index (χ4v) is 6.53. The van der Waals surface area contributed by atoms with Crippen LogP contribution >= 0.6 is 34.8 Å². The minimum Gasteiger partial charge on any atom is -0.459 e. The van der Waals surface area contributed by atoms with Gasteiger partial charge in [0, 0.05) is 29.2 Å². The summed E-state index contributed by atoms with van der Waals surface area (Å²) in [5, 5.41) is 4.02. The number of aromatic nitrogens is 2. The summed E-state index contributed by atoms with van der Waals surface area (Å²) in [7, 11) is 0. The van der Waals surface area contributed by atoms with Gasteiger partial charge in [0.1, 0.15) is 25.5 Å². The van der Waals surface area contributed by atoms with E-state index in [2.05, 4.69) is 35.4 Å². The van der Waals surface area contributed by atoms with Crippen LogP contribution in [0.4, 0.5) is 37.7 Å². The lowest BCUT2D eigenvalue weighted by Gasteiger charge is -2.23. The first kappa shape index (κ1) is 73.1. The molecule has 1 aromatic heterocycles. The number of rotatable bonds is 21. The quantitative estimate of drug-likeness (QED) is 0.0151. The first-order valence-electron chi connectivity index (χ1n) is 24.1. The molecule has 0 saturated carbocycles. The van der Waals surface area contributed by atoms with E-state index in [0.29, 0.717) is 5.69 Å². The molecule has 0 aliphatic heterocycles. The number of nitrogens with one attached hydrogen (secondary N) is 3. The Kier molecular flexibility index (Phi) is 26.5. The first-order chi connectivity index (χ1) is 39.6. The third-order valence-electron chi connectivity index (χ3n) is 10.2. The van der Waals surface area contributed by atoms with Crippen LogP contribution in [0.3, 0.4) is 0 Å². The lowest BCUT2D eigenvalue weighted by atomic mass is 10.1. The van der Waals surface area contributed by atoms with Crippen LogP contribution in [-0.4, -0.2) is 112 Å². The third-order valence-corrected chi connectivity index (χ3v) is 11.2. The number of carbonyl (C=O) groups excluding carboxylic acids is 9. The number of aryl methyl sites for hydroxylation is 1. The molecule has 0 fully saturated rings. The summed E-state index contributed by atoms with van der Waals surface area (Å²) in [5.74, 6) is -10.0. The standard InChI is InChI=1S/C19H19ClN2O6.C18H18ClF3N2O5.C18H17ClF3NO6/c1-5-8-27-17(25)19(3,4)28-16(24)13-10-12(6-7-14(13)20)22-15(23)9-11(2)21-18(22)26;1-4-7-28-16(27)17(2,3)29-15(26)11-8-10(5-6-12(11)19)24-14(25)9-13(23)18(20,21)22;1-4-7-28-16(27)17(2,3)29-15(26)11-8-10(5-6-12(11)19)23-14(25)9-13(24)18(20,21)22/h5-7,9-10H,1,8H2,2-4H3,(H,21,26);4-6,8-9H,1,7,23H2,2-3H3,(H,24,25);4-6,8H,1,7,9H2,2-3H3,(H,23,25)/b;13-9-;. The zero-order valence-electron chi connectivity index (χ0n) is 46.4. The number of H-pyrrole nitrogens is 1. The van der Waals surface area contributed by atoms with Crippen LogP contribution in [0.1, 0.15) is 84.7 Å². The number of hydrogen-bond acceptors (Lipinski definition) is 18. The normalized spacial score (nSPS) is 11.5. The Bertz CT molecular complexity index is 3410. The summed E-state index contributed by atoms with van der Waals surface area (Å²) < 4.78 is 105. The Labute approximate surface area is 499 Å². The van der Waals surface area contributed by atoms with Gasteiger partial charge in [-0.25, -0.2) is 38.1 Å². The number of esters is 6. The van der Waals surface area contributed by atoms with Gasteiger partial charge >= 0.3 is 53.9 Å². The average molecular weight is 1280 g/mol. The molecule has 0 saturated heterocycles. The number of nitrogens with zero attached hydrogens (tertiary/aromatic N) is 1. The van der Waals surface area contributed by atoms with Gasteiger partial charge in [0.15, 0.2) is 0 Å². The highest BCUT2D eigenvalue weighted by Gasteiger charge is 2.40. The number of Topliss-reactive ketones (excluding diaryl/α,β-unsaturated/α-hetero) is 1. The Morgan fingerprint density at radius 1 is 0.581 bits per heavy atom. The summed E-state index contributed by atoms with van der Waals surface area (Å²) in [4.78, 5) is 134. The first-order valence-corrected chi connectivity index (χ1v) is 25.3. The van der Waals surface area contributed by atoms with E-state index in [-0.39, 0.29) is 74.7 Å². The van der Waals surface area contributed by atoms with Crippen molar-refractivity contribution in [2.24, 2.45) is 5.73 Å². The van der Waals surface area contributed by atoms with Crippen LogP contribution in [0.5, 0.6) is 0 Å². The van der Waals surface area contributed by atoms with Crippen molar-refractivity contribution in [1.29, 1.82) is 0 Å². The van der Waals surface area contributed by atoms with Crippen molar-refractivity contribution in [3.8, 4) is 5.69 Å². The van der Waals surface area contributed by atoms with Crippen LogP contribution in [0.25, 0.3) is 5.69 Å². The Balaban J connectivity index is 0.000000440. The number of anilines is 2. The summed E-state index contributed by atoms with van der Waals surface area (Å²) in [6.45, 7) is 19.4. The molecule has 0 radical (unpaired) electrons. The molecule has 0 unspecified atom stereocenters. The molecule has 0 spiro atoms. The molecule has 86 heavy (non-hydrogen) atoms. The lowest BCUT2D eigenvalue weighted by molar-refractivity contribution is -0.171. The van der Waals surface area contributed by atoms with E-state index in [4.69, 9.17) is 69.0 Å². The molecule has 0 aliphatic carbocycles. The second-order valence-electron chi connectivity index (χ2n) is 18.6. The molecular formula is C55H54Cl3F6N5O17. The highest BCUT2D eigenvalue weighted by Crippen LogP contribution is 2.28. The van der Waals surface area contributed by atoms with Gasteiger partial charge < -0.3 is 49.8 Å². The number of carbonyl (C=O) groups is 9. The maximum Gasteiger partial charge on any atom is 0.450 e. The second-order valence-corrected chi connectivity index (χ2v) is 19.8. The number of halogens is 9. The molecule has 0 bridgehead atoms. The zero-order valence-corrected chi connectivity index (χ0v) is 48.7. The monoisotopic (exact) mass is 1280 g/mol. The molecule has 0 atom stereocenters. The van der Waals surface area contributed by atoms with Crippen molar-refractivity contribution >= 4 is 99.6 Å². The molecule has 22 nitrogen and oxygen atoms in total. The topological polar surface area (TPSA) is 314 Å². The number of hydrogen-bond donors (Lipinski definition) is 4. The van der Waals surface area contributed by atoms with Gasteiger partial charge in [-0.3, -0.25) is 19.2 Å². The number of allylic oxidation sites excluding steroid dienone is 1. The maximum absolute atomic E-state index is 12.6. The van der Waals surface area contributed by atoms with Crippen molar-refractivity contribution in [3.63, 3.8) is 0 Å². The minimum absolute atomic E-state index is 0.0283. The van der Waals surface area contributed by atoms with Gasteiger partial charge in [-0.05, 0) is 103 Å². The van der Waals surface area contributed by atoms with E-state index < -0.39 is 106 Å². The molecule has 3 aromatic carbocycles. The number of benzene rings is 3. The molecular weight excluding hydrogens is 1220 g/mol. The fraction of sp³-hybridized carbons (Fsp3) is 0.291. The Hall–Kier alpha value is -9.02.